The number of hydrogen-bond acceptors (Lipinski definition) is 4. The van der Waals surface area contributed by atoms with Crippen molar-refractivity contribution in [3.8, 4) is 0 Å². The molecular weight excluding hydrogens is 312 g/mol. The standard InChI is InChI=1S/C16H28N4S2/c1-3-17-16(18-8-4-5-13-21-2)20-11-9-19(10-12-20)15-7-6-14-22-15/h6-7,14H,3-5,8-13H2,1-2H3,(H,17,18). The molecule has 0 atom stereocenters. The molecule has 0 unspecified atom stereocenters. The summed E-state index contributed by atoms with van der Waals surface area (Å²) in [6.45, 7) is 8.28. The summed E-state index contributed by atoms with van der Waals surface area (Å²) in [4.78, 5) is 9.68. The fourth-order valence-electron chi connectivity index (χ4n) is 2.56. The van der Waals surface area contributed by atoms with Crippen molar-refractivity contribution >= 4 is 34.1 Å². The maximum Gasteiger partial charge on any atom is 0.194 e. The lowest BCUT2D eigenvalue weighted by Gasteiger charge is -2.37. The normalized spacial score (nSPS) is 16.2. The summed E-state index contributed by atoms with van der Waals surface area (Å²) in [6, 6.07) is 4.35. The van der Waals surface area contributed by atoms with Crippen molar-refractivity contribution in [2.75, 3.05) is 56.2 Å². The molecule has 1 aliphatic rings. The lowest BCUT2D eigenvalue weighted by Crippen LogP contribution is -2.52. The Kier molecular flexibility index (Phi) is 7.94. The zero-order chi connectivity index (χ0) is 15.6. The third kappa shape index (κ3) is 5.39. The fourth-order valence-corrected chi connectivity index (χ4v) is 3.84. The molecule has 0 spiro atoms. The van der Waals surface area contributed by atoms with Crippen LogP contribution >= 0.6 is 23.1 Å². The summed E-state index contributed by atoms with van der Waals surface area (Å²) in [7, 11) is 0. The molecule has 1 aliphatic heterocycles. The van der Waals surface area contributed by atoms with E-state index in [1.54, 1.807) is 0 Å². The number of nitrogens with one attached hydrogen (secondary N) is 1. The zero-order valence-corrected chi connectivity index (χ0v) is 15.4. The Labute approximate surface area is 143 Å². The van der Waals surface area contributed by atoms with E-state index in [4.69, 9.17) is 4.99 Å². The number of unbranched alkanes of at least 4 members (excludes halogenated alkanes) is 1. The third-order valence-corrected chi connectivity index (χ3v) is 5.38. The largest absolute Gasteiger partial charge is 0.360 e. The van der Waals surface area contributed by atoms with Crippen LogP contribution in [-0.4, -0.2) is 62.1 Å². The Morgan fingerprint density at radius 1 is 1.32 bits per heavy atom. The van der Waals surface area contributed by atoms with Gasteiger partial charge in [-0.15, -0.1) is 11.3 Å². The van der Waals surface area contributed by atoms with Gasteiger partial charge in [0.2, 0.25) is 0 Å². The van der Waals surface area contributed by atoms with Crippen LogP contribution in [0.5, 0.6) is 0 Å². The number of nitrogens with zero attached hydrogens (tertiary/aromatic N) is 3. The van der Waals surface area contributed by atoms with Gasteiger partial charge in [0.1, 0.15) is 0 Å². The van der Waals surface area contributed by atoms with E-state index in [-0.39, 0.29) is 0 Å². The Balaban J connectivity index is 1.81. The second-order valence-electron chi connectivity index (χ2n) is 5.36. The minimum Gasteiger partial charge on any atom is -0.360 e. The highest BCUT2D eigenvalue weighted by Gasteiger charge is 2.20. The number of rotatable bonds is 7. The van der Waals surface area contributed by atoms with E-state index in [0.717, 1.165) is 45.2 Å². The summed E-state index contributed by atoms with van der Waals surface area (Å²) in [5.41, 5.74) is 0. The first-order chi connectivity index (χ1) is 10.8. The first-order valence-corrected chi connectivity index (χ1v) is 10.4. The van der Waals surface area contributed by atoms with E-state index >= 15 is 0 Å². The van der Waals surface area contributed by atoms with Crippen molar-refractivity contribution < 1.29 is 0 Å². The van der Waals surface area contributed by atoms with E-state index in [2.05, 4.69) is 45.8 Å². The maximum absolute atomic E-state index is 4.80. The van der Waals surface area contributed by atoms with E-state index in [0.29, 0.717) is 0 Å². The Bertz CT molecular complexity index is 425. The molecule has 0 aromatic carbocycles. The van der Waals surface area contributed by atoms with Crippen LogP contribution in [0.1, 0.15) is 19.8 Å². The van der Waals surface area contributed by atoms with E-state index < -0.39 is 0 Å². The van der Waals surface area contributed by atoms with Crippen molar-refractivity contribution in [2.45, 2.75) is 19.8 Å². The van der Waals surface area contributed by atoms with Gasteiger partial charge < -0.3 is 15.1 Å². The average Bonchev–Trinajstić information content (AvgIpc) is 3.08. The highest BCUT2D eigenvalue weighted by molar-refractivity contribution is 7.98. The quantitative estimate of drug-likeness (QED) is 0.470. The first-order valence-electron chi connectivity index (χ1n) is 8.15. The van der Waals surface area contributed by atoms with Crippen LogP contribution in [0.15, 0.2) is 22.5 Å². The van der Waals surface area contributed by atoms with Gasteiger partial charge in [0, 0.05) is 39.3 Å². The molecule has 4 nitrogen and oxygen atoms in total. The molecule has 0 amide bonds. The molecule has 124 valence electrons. The lowest BCUT2D eigenvalue weighted by molar-refractivity contribution is 0.373. The molecule has 1 aromatic rings. The number of hydrogen-bond donors (Lipinski definition) is 1. The van der Waals surface area contributed by atoms with Crippen molar-refractivity contribution in [3.63, 3.8) is 0 Å². The Morgan fingerprint density at radius 2 is 2.14 bits per heavy atom. The van der Waals surface area contributed by atoms with Crippen molar-refractivity contribution in [3.05, 3.63) is 17.5 Å². The number of thioether (sulfide) groups is 1. The van der Waals surface area contributed by atoms with Gasteiger partial charge in [0.15, 0.2) is 5.96 Å². The molecular formula is C16H28N4S2. The monoisotopic (exact) mass is 340 g/mol. The second-order valence-corrected chi connectivity index (χ2v) is 7.27. The van der Waals surface area contributed by atoms with Gasteiger partial charge in [-0.3, -0.25) is 4.99 Å². The van der Waals surface area contributed by atoms with Crippen LogP contribution in [-0.2, 0) is 0 Å². The number of anilines is 1. The SMILES string of the molecule is CCNC(=NCCCCSC)N1CCN(c2cccs2)CC1. The van der Waals surface area contributed by atoms with Gasteiger partial charge in [0.05, 0.1) is 5.00 Å². The Hall–Kier alpha value is -0.880. The predicted octanol–water partition coefficient (Wildman–Crippen LogP) is 2.98. The minimum atomic E-state index is 0.939. The molecule has 1 saturated heterocycles. The molecule has 2 heterocycles. The second kappa shape index (κ2) is 10.0. The molecule has 1 fully saturated rings. The number of piperazine rings is 1. The molecule has 0 bridgehead atoms. The average molecular weight is 341 g/mol. The Morgan fingerprint density at radius 3 is 2.77 bits per heavy atom. The topological polar surface area (TPSA) is 30.9 Å². The molecule has 6 heteroatoms. The zero-order valence-electron chi connectivity index (χ0n) is 13.8. The van der Waals surface area contributed by atoms with Gasteiger partial charge in [-0.1, -0.05) is 0 Å². The third-order valence-electron chi connectivity index (χ3n) is 3.75. The fraction of sp³-hybridized carbons (Fsp3) is 0.688. The molecule has 0 radical (unpaired) electrons. The molecule has 1 N–H and O–H groups in total. The highest BCUT2D eigenvalue weighted by atomic mass is 32.2. The van der Waals surface area contributed by atoms with E-state index in [1.165, 1.54) is 23.6 Å². The molecule has 22 heavy (non-hydrogen) atoms. The van der Waals surface area contributed by atoms with Gasteiger partial charge in [-0.25, -0.2) is 0 Å². The van der Waals surface area contributed by atoms with Crippen LogP contribution in [0.4, 0.5) is 5.00 Å². The lowest BCUT2D eigenvalue weighted by atomic mass is 10.3. The molecule has 0 aliphatic carbocycles. The summed E-state index contributed by atoms with van der Waals surface area (Å²) in [6.07, 6.45) is 4.61. The molecule has 1 aromatic heterocycles. The summed E-state index contributed by atoms with van der Waals surface area (Å²) in [5, 5.41) is 6.99. The highest BCUT2D eigenvalue weighted by Crippen LogP contribution is 2.22. The maximum atomic E-state index is 4.80. The van der Waals surface area contributed by atoms with Gasteiger partial charge >= 0.3 is 0 Å². The van der Waals surface area contributed by atoms with E-state index in [9.17, 15) is 0 Å². The summed E-state index contributed by atoms with van der Waals surface area (Å²) < 4.78 is 0. The van der Waals surface area contributed by atoms with Crippen LogP contribution in [0.3, 0.4) is 0 Å². The van der Waals surface area contributed by atoms with Crippen molar-refractivity contribution in [1.29, 1.82) is 0 Å². The van der Waals surface area contributed by atoms with Crippen molar-refractivity contribution in [2.24, 2.45) is 4.99 Å². The van der Waals surface area contributed by atoms with Gasteiger partial charge in [0.25, 0.3) is 0 Å². The van der Waals surface area contributed by atoms with E-state index in [1.807, 2.05) is 23.1 Å². The predicted molar refractivity (Wildman–Crippen MR) is 102 cm³/mol. The number of guanidine groups is 1. The van der Waals surface area contributed by atoms with Crippen LogP contribution < -0.4 is 10.2 Å². The van der Waals surface area contributed by atoms with Gasteiger partial charge in [-0.2, -0.15) is 11.8 Å². The van der Waals surface area contributed by atoms with Crippen LogP contribution in [0.25, 0.3) is 0 Å². The first kappa shape index (κ1) is 17.5. The van der Waals surface area contributed by atoms with Crippen molar-refractivity contribution in [1.82, 2.24) is 10.2 Å². The van der Waals surface area contributed by atoms with Crippen LogP contribution in [0, 0.1) is 0 Å². The summed E-state index contributed by atoms with van der Waals surface area (Å²) >= 11 is 3.75. The number of aliphatic imine (C=N–C) groups is 1. The number of thiophene rings is 1. The summed E-state index contributed by atoms with van der Waals surface area (Å²) in [5.74, 6) is 2.34. The van der Waals surface area contributed by atoms with Crippen LogP contribution in [0.2, 0.25) is 0 Å². The minimum absolute atomic E-state index is 0.939. The molecule has 0 saturated carbocycles. The smallest absolute Gasteiger partial charge is 0.194 e. The van der Waals surface area contributed by atoms with Gasteiger partial charge in [-0.05, 0) is 49.3 Å². The molecule has 2 rings (SSSR count).